The summed E-state index contributed by atoms with van der Waals surface area (Å²) in [4.78, 5) is 13.8. The summed E-state index contributed by atoms with van der Waals surface area (Å²) in [5.74, 6) is 0.109. The van der Waals surface area contributed by atoms with Gasteiger partial charge in [0.15, 0.2) is 5.82 Å². The van der Waals surface area contributed by atoms with Crippen LogP contribution in [-0.2, 0) is 4.74 Å². The van der Waals surface area contributed by atoms with Crippen molar-refractivity contribution in [3.63, 3.8) is 0 Å². The van der Waals surface area contributed by atoms with Gasteiger partial charge in [0.1, 0.15) is 10.6 Å². The summed E-state index contributed by atoms with van der Waals surface area (Å²) in [6.07, 6.45) is 1.18. The minimum atomic E-state index is -0.188. The molecule has 0 aliphatic carbocycles. The lowest BCUT2D eigenvalue weighted by Gasteiger charge is -2.17. The molecule has 0 spiro atoms. The second-order valence-corrected chi connectivity index (χ2v) is 4.67. The highest BCUT2D eigenvalue weighted by atomic mass is 32.1. The van der Waals surface area contributed by atoms with Crippen LogP contribution in [0, 0.1) is 0 Å². The molecule has 2 heterocycles. The molecule has 3 N–H and O–H groups in total. The van der Waals surface area contributed by atoms with Gasteiger partial charge in [-0.05, 0) is 18.0 Å². The zero-order valence-corrected chi connectivity index (χ0v) is 10.7. The zero-order chi connectivity index (χ0) is 12.4. The fourth-order valence-corrected chi connectivity index (χ4v) is 2.80. The molecular weight excluding hydrogens is 240 g/mol. The highest BCUT2D eigenvalue weighted by Gasteiger charge is 2.28. The maximum Gasteiger partial charge on any atom is 0.257 e. The molecule has 2 rings (SSSR count). The van der Waals surface area contributed by atoms with E-state index in [1.54, 1.807) is 14.2 Å². The van der Waals surface area contributed by atoms with Crippen LogP contribution in [0.2, 0.25) is 0 Å². The summed E-state index contributed by atoms with van der Waals surface area (Å²) in [7, 11) is 3.29. The number of nitrogen functional groups attached to an aromatic ring is 1. The highest BCUT2D eigenvalue weighted by molar-refractivity contribution is 7.11. The van der Waals surface area contributed by atoms with Gasteiger partial charge in [0.05, 0.1) is 6.10 Å². The van der Waals surface area contributed by atoms with Crippen LogP contribution in [0.5, 0.6) is 0 Å². The van der Waals surface area contributed by atoms with Crippen LogP contribution in [0.15, 0.2) is 0 Å². The first-order valence-corrected chi connectivity index (χ1v) is 6.19. The number of carbonyl (C=O) groups excluding carboxylic acids is 1. The Labute approximate surface area is 104 Å². The van der Waals surface area contributed by atoms with E-state index in [-0.39, 0.29) is 12.0 Å². The summed E-state index contributed by atoms with van der Waals surface area (Å²) < 4.78 is 9.36. The molecule has 0 radical (unpaired) electrons. The lowest BCUT2D eigenvalue weighted by atomic mass is 10.3. The van der Waals surface area contributed by atoms with Gasteiger partial charge in [-0.3, -0.25) is 4.79 Å². The molecule has 6 nitrogen and oxygen atoms in total. The molecule has 1 amide bonds. The second-order valence-electron chi connectivity index (χ2n) is 3.92. The van der Waals surface area contributed by atoms with Crippen LogP contribution in [0.4, 0.5) is 10.8 Å². The van der Waals surface area contributed by atoms with Crippen molar-refractivity contribution in [1.82, 2.24) is 9.69 Å². The van der Waals surface area contributed by atoms with E-state index in [0.29, 0.717) is 11.4 Å². The molecule has 0 bridgehead atoms. The Balaban J connectivity index is 2.24. The van der Waals surface area contributed by atoms with E-state index in [1.807, 2.05) is 0 Å². The van der Waals surface area contributed by atoms with Crippen LogP contribution in [-0.4, -0.2) is 43.6 Å². The van der Waals surface area contributed by atoms with Crippen molar-refractivity contribution in [2.45, 2.75) is 12.5 Å². The number of nitrogens with zero attached hydrogens (tertiary/aromatic N) is 2. The van der Waals surface area contributed by atoms with E-state index >= 15 is 0 Å². The van der Waals surface area contributed by atoms with Gasteiger partial charge >= 0.3 is 0 Å². The largest absolute Gasteiger partial charge is 0.382 e. The molecule has 0 aromatic carbocycles. The van der Waals surface area contributed by atoms with E-state index < -0.39 is 0 Å². The Bertz CT molecular complexity index is 420. The fourth-order valence-electron chi connectivity index (χ4n) is 1.95. The predicted molar refractivity (Wildman–Crippen MR) is 67.5 cm³/mol. The maximum absolute atomic E-state index is 11.7. The topological polar surface area (TPSA) is 80.5 Å². The van der Waals surface area contributed by atoms with Crippen molar-refractivity contribution in [1.29, 1.82) is 0 Å². The Hall–Kier alpha value is -1.34. The standard InChI is InChI=1S/C10H16N4O2S/c1-12-9(15)7-8(11)13-17-10(7)14-4-3-6(5-14)16-2/h6H,3-5H2,1-2H3,(H2,11,13)(H,12,15). The lowest BCUT2D eigenvalue weighted by molar-refractivity contribution is 0.0964. The molecule has 1 aliphatic rings. The molecule has 94 valence electrons. The number of ether oxygens (including phenoxy) is 1. The number of nitrogens with one attached hydrogen (secondary N) is 1. The number of amides is 1. The second kappa shape index (κ2) is 4.89. The lowest BCUT2D eigenvalue weighted by Crippen LogP contribution is -2.26. The summed E-state index contributed by atoms with van der Waals surface area (Å²) in [5.41, 5.74) is 6.21. The Morgan fingerprint density at radius 1 is 1.71 bits per heavy atom. The summed E-state index contributed by atoms with van der Waals surface area (Å²) in [6, 6.07) is 0. The van der Waals surface area contributed by atoms with Gasteiger partial charge in [-0.15, -0.1) is 0 Å². The van der Waals surface area contributed by atoms with Gasteiger partial charge in [0, 0.05) is 27.2 Å². The number of methoxy groups -OCH3 is 1. The molecule has 1 atom stereocenters. The van der Waals surface area contributed by atoms with E-state index in [4.69, 9.17) is 10.5 Å². The molecule has 1 aromatic heterocycles. The Kier molecular flexibility index (Phi) is 3.49. The van der Waals surface area contributed by atoms with Crippen molar-refractivity contribution >= 4 is 28.3 Å². The first-order chi connectivity index (χ1) is 8.17. The van der Waals surface area contributed by atoms with Crippen LogP contribution in [0.25, 0.3) is 0 Å². The molecule has 7 heteroatoms. The number of hydrogen-bond acceptors (Lipinski definition) is 6. The first-order valence-electron chi connectivity index (χ1n) is 5.42. The van der Waals surface area contributed by atoms with Gasteiger partial charge in [-0.25, -0.2) is 0 Å². The molecule has 17 heavy (non-hydrogen) atoms. The Morgan fingerprint density at radius 2 is 2.47 bits per heavy atom. The summed E-state index contributed by atoms with van der Waals surface area (Å²) in [6.45, 7) is 1.65. The predicted octanol–water partition coefficient (Wildman–Crippen LogP) is 0.310. The third-order valence-corrected chi connectivity index (χ3v) is 3.84. The Morgan fingerprint density at radius 3 is 3.06 bits per heavy atom. The molecule has 1 unspecified atom stereocenters. The van der Waals surface area contributed by atoms with E-state index in [1.165, 1.54) is 11.5 Å². The number of anilines is 2. The van der Waals surface area contributed by atoms with Crippen molar-refractivity contribution in [3.8, 4) is 0 Å². The smallest absolute Gasteiger partial charge is 0.257 e. The third-order valence-electron chi connectivity index (χ3n) is 2.92. The average Bonchev–Trinajstić information content (AvgIpc) is 2.94. The summed E-state index contributed by atoms with van der Waals surface area (Å²) in [5, 5.41) is 3.42. The number of nitrogens with two attached hydrogens (primary N) is 1. The third kappa shape index (κ3) is 2.20. The van der Waals surface area contributed by atoms with Crippen LogP contribution in [0.1, 0.15) is 16.8 Å². The number of rotatable bonds is 3. The minimum absolute atomic E-state index is 0.188. The first kappa shape index (κ1) is 12.1. The number of carbonyl (C=O) groups is 1. The van der Waals surface area contributed by atoms with E-state index in [2.05, 4.69) is 14.6 Å². The SMILES string of the molecule is CNC(=O)c1c(N)nsc1N1CCC(OC)C1. The van der Waals surface area contributed by atoms with Crippen LogP contribution in [0.3, 0.4) is 0 Å². The molecule has 0 saturated carbocycles. The quantitative estimate of drug-likeness (QED) is 0.813. The number of hydrogen-bond donors (Lipinski definition) is 2. The fraction of sp³-hybridized carbons (Fsp3) is 0.600. The van der Waals surface area contributed by atoms with Crippen molar-refractivity contribution in [2.75, 3.05) is 37.9 Å². The number of aromatic nitrogens is 1. The molecular formula is C10H16N4O2S. The highest BCUT2D eigenvalue weighted by Crippen LogP contribution is 2.33. The minimum Gasteiger partial charge on any atom is -0.382 e. The molecule has 1 fully saturated rings. The van der Waals surface area contributed by atoms with Gasteiger partial charge < -0.3 is 20.7 Å². The van der Waals surface area contributed by atoms with Crippen molar-refractivity contribution in [3.05, 3.63) is 5.56 Å². The van der Waals surface area contributed by atoms with Crippen molar-refractivity contribution in [2.24, 2.45) is 0 Å². The summed E-state index contributed by atoms with van der Waals surface area (Å²) >= 11 is 1.26. The van der Waals surface area contributed by atoms with E-state index in [0.717, 1.165) is 24.5 Å². The van der Waals surface area contributed by atoms with Gasteiger partial charge in [-0.1, -0.05) is 0 Å². The van der Waals surface area contributed by atoms with Gasteiger partial charge in [-0.2, -0.15) is 4.37 Å². The zero-order valence-electron chi connectivity index (χ0n) is 9.90. The van der Waals surface area contributed by atoms with Crippen LogP contribution < -0.4 is 16.0 Å². The normalized spacial score (nSPS) is 19.6. The van der Waals surface area contributed by atoms with Gasteiger partial charge in [0.25, 0.3) is 5.91 Å². The molecule has 1 aliphatic heterocycles. The maximum atomic E-state index is 11.7. The average molecular weight is 256 g/mol. The molecule has 1 aromatic rings. The molecule has 1 saturated heterocycles. The van der Waals surface area contributed by atoms with Crippen LogP contribution >= 0.6 is 11.5 Å². The van der Waals surface area contributed by atoms with Gasteiger partial charge in [0.2, 0.25) is 0 Å². The monoisotopic (exact) mass is 256 g/mol. The van der Waals surface area contributed by atoms with Crippen molar-refractivity contribution < 1.29 is 9.53 Å². The van der Waals surface area contributed by atoms with E-state index in [9.17, 15) is 4.79 Å².